The molecule has 1 aromatic carbocycles. The second-order valence-electron chi connectivity index (χ2n) is 3.32. The molecule has 2 heteroatoms. The number of halogens is 1. The molecular weight excluding hydrogens is 182 g/mol. The zero-order valence-corrected chi connectivity index (χ0v) is 8.68. The molecule has 0 spiro atoms. The van der Waals surface area contributed by atoms with Crippen molar-refractivity contribution in [3.63, 3.8) is 0 Å². The normalized spacial score (nSPS) is 12.3. The van der Waals surface area contributed by atoms with Crippen LogP contribution in [0.4, 0.5) is 0 Å². The number of hydrogen-bond acceptors (Lipinski definition) is 1. The molecule has 1 nitrogen and oxygen atoms in total. The molecule has 0 radical (unpaired) electrons. The largest absolute Gasteiger partial charge is 0.321 e. The van der Waals surface area contributed by atoms with Gasteiger partial charge in [-0.3, -0.25) is 0 Å². The summed E-state index contributed by atoms with van der Waals surface area (Å²) in [5, 5.41) is 0.732. The van der Waals surface area contributed by atoms with E-state index in [4.69, 9.17) is 17.3 Å². The van der Waals surface area contributed by atoms with E-state index in [0.717, 1.165) is 10.6 Å². The molecular formula is C11H14ClN. The van der Waals surface area contributed by atoms with Gasteiger partial charge in [-0.1, -0.05) is 35.4 Å². The lowest BCUT2D eigenvalue weighted by Crippen LogP contribution is -2.07. The standard InChI is InChI=1S/C11H14ClN/c1-8(2)6-11(13)9-4-3-5-10(12)7-9/h3-7,11H,13H2,1-2H3. The van der Waals surface area contributed by atoms with Crippen molar-refractivity contribution in [2.75, 3.05) is 0 Å². The summed E-state index contributed by atoms with van der Waals surface area (Å²) in [5.74, 6) is 0. The summed E-state index contributed by atoms with van der Waals surface area (Å²) in [6, 6.07) is 7.59. The summed E-state index contributed by atoms with van der Waals surface area (Å²) in [7, 11) is 0. The number of rotatable bonds is 2. The lowest BCUT2D eigenvalue weighted by atomic mass is 10.1. The Kier molecular flexibility index (Phi) is 3.52. The van der Waals surface area contributed by atoms with Crippen molar-refractivity contribution < 1.29 is 0 Å². The number of benzene rings is 1. The van der Waals surface area contributed by atoms with Gasteiger partial charge in [-0.15, -0.1) is 0 Å². The van der Waals surface area contributed by atoms with E-state index >= 15 is 0 Å². The lowest BCUT2D eigenvalue weighted by Gasteiger charge is -2.07. The van der Waals surface area contributed by atoms with E-state index in [0.29, 0.717) is 0 Å². The van der Waals surface area contributed by atoms with Gasteiger partial charge in [-0.05, 0) is 31.5 Å². The Morgan fingerprint density at radius 2 is 2.15 bits per heavy atom. The van der Waals surface area contributed by atoms with Crippen molar-refractivity contribution in [1.29, 1.82) is 0 Å². The molecule has 0 saturated carbocycles. The Morgan fingerprint density at radius 3 is 2.69 bits per heavy atom. The molecule has 1 unspecified atom stereocenters. The highest BCUT2D eigenvalue weighted by molar-refractivity contribution is 6.30. The maximum absolute atomic E-state index is 5.93. The summed E-state index contributed by atoms with van der Waals surface area (Å²) >= 11 is 5.85. The molecule has 0 aliphatic rings. The lowest BCUT2D eigenvalue weighted by molar-refractivity contribution is 0.899. The van der Waals surface area contributed by atoms with Crippen LogP contribution in [-0.4, -0.2) is 0 Å². The fraction of sp³-hybridized carbons (Fsp3) is 0.273. The Hall–Kier alpha value is -0.790. The molecule has 13 heavy (non-hydrogen) atoms. The van der Waals surface area contributed by atoms with Crippen molar-refractivity contribution in [1.82, 2.24) is 0 Å². The Morgan fingerprint density at radius 1 is 1.46 bits per heavy atom. The molecule has 70 valence electrons. The predicted octanol–water partition coefficient (Wildman–Crippen LogP) is 3.31. The molecule has 0 aliphatic heterocycles. The van der Waals surface area contributed by atoms with E-state index < -0.39 is 0 Å². The quantitative estimate of drug-likeness (QED) is 0.720. The highest BCUT2D eigenvalue weighted by Gasteiger charge is 2.01. The molecule has 1 atom stereocenters. The van der Waals surface area contributed by atoms with Crippen LogP contribution in [0.5, 0.6) is 0 Å². The van der Waals surface area contributed by atoms with Gasteiger partial charge in [0.15, 0.2) is 0 Å². The fourth-order valence-electron chi connectivity index (χ4n) is 1.17. The van der Waals surface area contributed by atoms with Gasteiger partial charge in [0.2, 0.25) is 0 Å². The third-order valence-electron chi connectivity index (χ3n) is 1.75. The van der Waals surface area contributed by atoms with Crippen LogP contribution in [0.2, 0.25) is 5.02 Å². The smallest absolute Gasteiger partial charge is 0.0484 e. The minimum Gasteiger partial charge on any atom is -0.321 e. The van der Waals surface area contributed by atoms with Crippen molar-refractivity contribution in [2.24, 2.45) is 5.73 Å². The fourth-order valence-corrected chi connectivity index (χ4v) is 1.37. The van der Waals surface area contributed by atoms with Gasteiger partial charge >= 0.3 is 0 Å². The summed E-state index contributed by atoms with van der Waals surface area (Å²) < 4.78 is 0. The SMILES string of the molecule is CC(C)=CC(N)c1cccc(Cl)c1. The molecule has 0 amide bonds. The van der Waals surface area contributed by atoms with Crippen molar-refractivity contribution in [2.45, 2.75) is 19.9 Å². The molecule has 0 fully saturated rings. The van der Waals surface area contributed by atoms with E-state index in [2.05, 4.69) is 0 Å². The maximum atomic E-state index is 5.93. The van der Waals surface area contributed by atoms with Crippen LogP contribution in [0.15, 0.2) is 35.9 Å². The van der Waals surface area contributed by atoms with E-state index in [1.165, 1.54) is 5.57 Å². The summed E-state index contributed by atoms with van der Waals surface area (Å²) in [6.45, 7) is 4.06. The highest BCUT2D eigenvalue weighted by Crippen LogP contribution is 2.17. The molecule has 0 saturated heterocycles. The van der Waals surface area contributed by atoms with Crippen LogP contribution in [0.3, 0.4) is 0 Å². The van der Waals surface area contributed by atoms with Crippen molar-refractivity contribution >= 4 is 11.6 Å². The first-order valence-electron chi connectivity index (χ1n) is 4.25. The Bertz CT molecular complexity index is 314. The minimum absolute atomic E-state index is 0.0521. The van der Waals surface area contributed by atoms with Crippen molar-refractivity contribution in [3.05, 3.63) is 46.5 Å². The number of nitrogens with two attached hydrogens (primary N) is 1. The highest BCUT2D eigenvalue weighted by atomic mass is 35.5. The van der Waals surface area contributed by atoms with Crippen LogP contribution >= 0.6 is 11.6 Å². The second-order valence-corrected chi connectivity index (χ2v) is 3.76. The average molecular weight is 196 g/mol. The molecule has 0 bridgehead atoms. The van der Waals surface area contributed by atoms with E-state index in [-0.39, 0.29) is 6.04 Å². The molecule has 0 aromatic heterocycles. The molecule has 0 heterocycles. The van der Waals surface area contributed by atoms with Crippen LogP contribution in [0.25, 0.3) is 0 Å². The minimum atomic E-state index is -0.0521. The van der Waals surface area contributed by atoms with Crippen LogP contribution in [-0.2, 0) is 0 Å². The van der Waals surface area contributed by atoms with Gasteiger partial charge in [0, 0.05) is 11.1 Å². The zero-order chi connectivity index (χ0) is 9.84. The van der Waals surface area contributed by atoms with Gasteiger partial charge in [0.05, 0.1) is 0 Å². The third kappa shape index (κ3) is 3.21. The monoisotopic (exact) mass is 195 g/mol. The Balaban J connectivity index is 2.89. The first-order valence-corrected chi connectivity index (χ1v) is 4.63. The van der Waals surface area contributed by atoms with Crippen LogP contribution in [0.1, 0.15) is 25.5 Å². The Labute approximate surface area is 84.2 Å². The first-order chi connectivity index (χ1) is 6.09. The molecule has 1 aromatic rings. The molecule has 1 rings (SSSR count). The third-order valence-corrected chi connectivity index (χ3v) is 1.98. The van der Waals surface area contributed by atoms with Crippen LogP contribution in [0, 0.1) is 0 Å². The van der Waals surface area contributed by atoms with E-state index in [1.807, 2.05) is 44.2 Å². The van der Waals surface area contributed by atoms with Crippen LogP contribution < -0.4 is 5.73 Å². The van der Waals surface area contributed by atoms with Crippen molar-refractivity contribution in [3.8, 4) is 0 Å². The van der Waals surface area contributed by atoms with Gasteiger partial charge in [-0.25, -0.2) is 0 Å². The number of allylic oxidation sites excluding steroid dienone is 1. The van der Waals surface area contributed by atoms with Gasteiger partial charge in [-0.2, -0.15) is 0 Å². The van der Waals surface area contributed by atoms with E-state index in [1.54, 1.807) is 0 Å². The number of hydrogen-bond donors (Lipinski definition) is 1. The first kappa shape index (κ1) is 10.3. The summed E-state index contributed by atoms with van der Waals surface area (Å²) in [4.78, 5) is 0. The summed E-state index contributed by atoms with van der Waals surface area (Å²) in [6.07, 6.45) is 2.02. The van der Waals surface area contributed by atoms with Gasteiger partial charge in [0.25, 0.3) is 0 Å². The molecule has 2 N–H and O–H groups in total. The topological polar surface area (TPSA) is 26.0 Å². The zero-order valence-electron chi connectivity index (χ0n) is 7.92. The van der Waals surface area contributed by atoms with E-state index in [9.17, 15) is 0 Å². The average Bonchev–Trinajstić information content (AvgIpc) is 2.03. The summed E-state index contributed by atoms with van der Waals surface area (Å²) in [5.41, 5.74) is 8.19. The predicted molar refractivity (Wildman–Crippen MR) is 57.8 cm³/mol. The second kappa shape index (κ2) is 4.45. The maximum Gasteiger partial charge on any atom is 0.0484 e. The van der Waals surface area contributed by atoms with Gasteiger partial charge < -0.3 is 5.73 Å². The molecule has 0 aliphatic carbocycles. The van der Waals surface area contributed by atoms with Gasteiger partial charge in [0.1, 0.15) is 0 Å².